The Balaban J connectivity index is 1.61. The number of carbonyl (C=O) groups excluding carboxylic acids is 1. The van der Waals surface area contributed by atoms with Crippen LogP contribution in [0, 0.1) is 5.41 Å². The molecule has 5 nitrogen and oxygen atoms in total. The summed E-state index contributed by atoms with van der Waals surface area (Å²) < 4.78 is 1.89. The smallest absolute Gasteiger partial charge is 0.226 e. The summed E-state index contributed by atoms with van der Waals surface area (Å²) in [5.74, 6) is 1.55. The highest BCUT2D eigenvalue weighted by molar-refractivity contribution is 6.00. The zero-order valence-electron chi connectivity index (χ0n) is 19.4. The third kappa shape index (κ3) is 3.56. The Morgan fingerprint density at radius 1 is 1.00 bits per heavy atom. The summed E-state index contributed by atoms with van der Waals surface area (Å²) in [5.41, 5.74) is 5.12. The van der Waals surface area contributed by atoms with Gasteiger partial charge in [-0.15, -0.1) is 5.10 Å². The number of anilines is 1. The van der Waals surface area contributed by atoms with Crippen LogP contribution in [0.25, 0.3) is 11.4 Å². The molecule has 0 bridgehead atoms. The molecule has 2 heterocycles. The van der Waals surface area contributed by atoms with Gasteiger partial charge in [0.05, 0.1) is 0 Å². The number of aromatic nitrogens is 3. The second kappa shape index (κ2) is 7.16. The highest BCUT2D eigenvalue weighted by Crippen LogP contribution is 2.45. The number of carbonyl (C=O) groups is 1. The molecule has 0 saturated heterocycles. The van der Waals surface area contributed by atoms with E-state index in [0.29, 0.717) is 18.2 Å². The van der Waals surface area contributed by atoms with Gasteiger partial charge in [0.25, 0.3) is 0 Å². The van der Waals surface area contributed by atoms with E-state index in [1.807, 2.05) is 22.9 Å². The van der Waals surface area contributed by atoms with Crippen LogP contribution in [0.4, 0.5) is 5.95 Å². The predicted molar refractivity (Wildman–Crippen MR) is 127 cm³/mol. The topological polar surface area (TPSA) is 59.8 Å². The fourth-order valence-corrected chi connectivity index (χ4v) is 4.79. The molecule has 1 unspecified atom stereocenters. The summed E-state index contributed by atoms with van der Waals surface area (Å²) in [6, 6.07) is 18.3. The first kappa shape index (κ1) is 20.7. The SMILES string of the molecule is CC1(C)CC(=O)C2=C(C1)Nc1nc(-c3ccc(C(C)(C)C)cc3)nn1C2c1ccccc1. The van der Waals surface area contributed by atoms with Gasteiger partial charge in [0.1, 0.15) is 6.04 Å². The van der Waals surface area contributed by atoms with Crippen LogP contribution in [-0.4, -0.2) is 20.5 Å². The van der Waals surface area contributed by atoms with Crippen molar-refractivity contribution in [1.29, 1.82) is 0 Å². The summed E-state index contributed by atoms with van der Waals surface area (Å²) in [6.45, 7) is 10.9. The van der Waals surface area contributed by atoms with Crippen LogP contribution in [0.3, 0.4) is 0 Å². The van der Waals surface area contributed by atoms with Crippen LogP contribution in [-0.2, 0) is 10.2 Å². The van der Waals surface area contributed by atoms with Gasteiger partial charge in [0, 0.05) is 23.3 Å². The Bertz CT molecular complexity index is 1210. The first-order chi connectivity index (χ1) is 15.1. The number of allylic oxidation sites excluding steroid dienone is 2. The molecule has 3 aromatic rings. The van der Waals surface area contributed by atoms with Crippen LogP contribution in [0.2, 0.25) is 0 Å². The number of benzene rings is 2. The zero-order chi connectivity index (χ0) is 22.7. The maximum atomic E-state index is 13.3. The quantitative estimate of drug-likeness (QED) is 0.554. The van der Waals surface area contributed by atoms with Crippen molar-refractivity contribution in [3.05, 3.63) is 77.0 Å². The summed E-state index contributed by atoms with van der Waals surface area (Å²) in [6.07, 6.45) is 1.36. The predicted octanol–water partition coefficient (Wildman–Crippen LogP) is 5.90. The molecule has 164 valence electrons. The van der Waals surface area contributed by atoms with Crippen LogP contribution in [0.5, 0.6) is 0 Å². The number of nitrogens with one attached hydrogen (secondary N) is 1. The maximum Gasteiger partial charge on any atom is 0.226 e. The number of hydrogen-bond donors (Lipinski definition) is 1. The van der Waals surface area contributed by atoms with Crippen LogP contribution < -0.4 is 5.32 Å². The molecular formula is C27H30N4O. The molecule has 2 aromatic carbocycles. The van der Waals surface area contributed by atoms with Gasteiger partial charge in [0.2, 0.25) is 5.95 Å². The number of hydrogen-bond acceptors (Lipinski definition) is 4. The van der Waals surface area contributed by atoms with Crippen molar-refractivity contribution in [1.82, 2.24) is 14.8 Å². The van der Waals surface area contributed by atoms with E-state index in [1.165, 1.54) is 5.56 Å². The molecule has 0 amide bonds. The molecule has 1 aliphatic carbocycles. The number of nitrogens with zero attached hydrogens (tertiary/aromatic N) is 3. The number of rotatable bonds is 2. The fraction of sp³-hybridized carbons (Fsp3) is 0.370. The third-order valence-corrected chi connectivity index (χ3v) is 6.46. The molecule has 1 aromatic heterocycles. The normalized spacial score (nSPS) is 19.9. The van der Waals surface area contributed by atoms with Crippen molar-refractivity contribution in [2.24, 2.45) is 5.41 Å². The van der Waals surface area contributed by atoms with E-state index in [-0.39, 0.29) is 22.7 Å². The minimum atomic E-state index is -0.263. The van der Waals surface area contributed by atoms with Crippen molar-refractivity contribution in [2.45, 2.75) is 58.9 Å². The molecule has 5 heteroatoms. The van der Waals surface area contributed by atoms with Gasteiger partial charge in [-0.25, -0.2) is 4.68 Å². The summed E-state index contributed by atoms with van der Waals surface area (Å²) in [5, 5.41) is 8.35. The average Bonchev–Trinajstić information content (AvgIpc) is 3.15. The van der Waals surface area contributed by atoms with Crippen molar-refractivity contribution in [2.75, 3.05) is 5.32 Å². The molecule has 1 aliphatic heterocycles. The fourth-order valence-electron chi connectivity index (χ4n) is 4.79. The van der Waals surface area contributed by atoms with E-state index in [0.717, 1.165) is 28.8 Å². The maximum absolute atomic E-state index is 13.3. The van der Waals surface area contributed by atoms with Gasteiger partial charge in [0.15, 0.2) is 11.6 Å². The lowest BCUT2D eigenvalue weighted by Crippen LogP contribution is -2.36. The van der Waals surface area contributed by atoms with E-state index >= 15 is 0 Å². The molecule has 2 aliphatic rings. The number of Topliss-reactive ketones (excluding diaryl/α,β-unsaturated/α-hetero) is 1. The molecule has 0 spiro atoms. The van der Waals surface area contributed by atoms with Crippen LogP contribution in [0.1, 0.15) is 64.6 Å². The van der Waals surface area contributed by atoms with Gasteiger partial charge in [-0.2, -0.15) is 4.98 Å². The standard InChI is InChI=1S/C27H30N4O/c1-26(2,3)19-13-11-18(12-14-19)24-29-25-28-20-15-27(4,5)16-21(32)22(20)23(31(25)30-24)17-9-7-6-8-10-17/h6-14,23H,15-16H2,1-5H3,(H,28,29,30). The molecule has 0 saturated carbocycles. The highest BCUT2D eigenvalue weighted by atomic mass is 16.1. The first-order valence-electron chi connectivity index (χ1n) is 11.3. The Labute approximate surface area is 189 Å². The Morgan fingerprint density at radius 2 is 1.69 bits per heavy atom. The minimum Gasteiger partial charge on any atom is -0.328 e. The Hall–Kier alpha value is -3.21. The van der Waals surface area contributed by atoms with Crippen molar-refractivity contribution < 1.29 is 4.79 Å². The van der Waals surface area contributed by atoms with Crippen molar-refractivity contribution >= 4 is 11.7 Å². The van der Waals surface area contributed by atoms with E-state index in [1.54, 1.807) is 0 Å². The van der Waals surface area contributed by atoms with Gasteiger partial charge >= 0.3 is 0 Å². The van der Waals surface area contributed by atoms with Crippen molar-refractivity contribution in [3.8, 4) is 11.4 Å². The molecule has 5 rings (SSSR count). The molecule has 1 N–H and O–H groups in total. The number of fused-ring (bicyclic) bond motifs is 1. The molecule has 0 radical (unpaired) electrons. The second-order valence-electron chi connectivity index (χ2n) is 10.8. The highest BCUT2D eigenvalue weighted by Gasteiger charge is 2.41. The Morgan fingerprint density at radius 3 is 2.34 bits per heavy atom. The lowest BCUT2D eigenvalue weighted by atomic mass is 9.73. The van der Waals surface area contributed by atoms with Gasteiger partial charge in [-0.1, -0.05) is 89.2 Å². The molecule has 32 heavy (non-hydrogen) atoms. The van der Waals surface area contributed by atoms with E-state index in [4.69, 9.17) is 10.1 Å². The average molecular weight is 427 g/mol. The summed E-state index contributed by atoms with van der Waals surface area (Å²) >= 11 is 0. The zero-order valence-corrected chi connectivity index (χ0v) is 19.4. The monoisotopic (exact) mass is 426 g/mol. The summed E-state index contributed by atoms with van der Waals surface area (Å²) in [7, 11) is 0. The van der Waals surface area contributed by atoms with Gasteiger partial charge < -0.3 is 5.32 Å². The molecule has 1 atom stereocenters. The first-order valence-corrected chi connectivity index (χ1v) is 11.3. The lowest BCUT2D eigenvalue weighted by molar-refractivity contribution is -0.118. The van der Waals surface area contributed by atoms with Crippen molar-refractivity contribution in [3.63, 3.8) is 0 Å². The van der Waals surface area contributed by atoms with E-state index in [2.05, 4.69) is 76.3 Å². The molecule has 0 fully saturated rings. The third-order valence-electron chi connectivity index (χ3n) is 6.46. The molecular weight excluding hydrogens is 396 g/mol. The van der Waals surface area contributed by atoms with Crippen LogP contribution >= 0.6 is 0 Å². The second-order valence-corrected chi connectivity index (χ2v) is 10.8. The van der Waals surface area contributed by atoms with E-state index < -0.39 is 0 Å². The van der Waals surface area contributed by atoms with E-state index in [9.17, 15) is 4.79 Å². The lowest BCUT2D eigenvalue weighted by Gasteiger charge is -2.38. The largest absolute Gasteiger partial charge is 0.328 e. The Kier molecular flexibility index (Phi) is 4.63. The van der Waals surface area contributed by atoms with Crippen LogP contribution in [0.15, 0.2) is 65.9 Å². The van der Waals surface area contributed by atoms with Gasteiger partial charge in [-0.3, -0.25) is 4.79 Å². The summed E-state index contributed by atoms with van der Waals surface area (Å²) in [4.78, 5) is 18.1. The minimum absolute atomic E-state index is 0.0715. The number of ketones is 1. The van der Waals surface area contributed by atoms with Gasteiger partial charge in [-0.05, 0) is 28.4 Å².